The van der Waals surface area contributed by atoms with Crippen molar-refractivity contribution in [1.29, 1.82) is 0 Å². The molecule has 0 fully saturated rings. The second kappa shape index (κ2) is 9.88. The fourth-order valence-corrected chi connectivity index (χ4v) is 3.67. The molecule has 0 unspecified atom stereocenters. The van der Waals surface area contributed by atoms with E-state index in [9.17, 15) is 9.59 Å². The summed E-state index contributed by atoms with van der Waals surface area (Å²) in [7, 11) is 1.35. The Morgan fingerprint density at radius 3 is 2.38 bits per heavy atom. The molecule has 0 aliphatic rings. The lowest BCUT2D eigenvalue weighted by Crippen LogP contribution is -2.05. The van der Waals surface area contributed by atoms with Crippen molar-refractivity contribution < 1.29 is 18.7 Å². The third kappa shape index (κ3) is 4.78. The Morgan fingerprint density at radius 1 is 1.00 bits per heavy atom. The van der Waals surface area contributed by atoms with Gasteiger partial charge in [-0.2, -0.15) is 0 Å². The maximum absolute atomic E-state index is 13.4. The zero-order chi connectivity index (χ0) is 20.8. The number of hydrogen-bond donors (Lipinski definition) is 0. The van der Waals surface area contributed by atoms with E-state index in [1.165, 1.54) is 12.7 Å². The number of ketones is 1. The molecule has 152 valence electrons. The highest BCUT2D eigenvalue weighted by atomic mass is 79.9. The minimum absolute atomic E-state index is 0.0797. The summed E-state index contributed by atoms with van der Waals surface area (Å²) in [5.74, 6) is 0.166. The van der Waals surface area contributed by atoms with Crippen molar-refractivity contribution in [2.75, 3.05) is 12.4 Å². The van der Waals surface area contributed by atoms with Crippen LogP contribution in [-0.4, -0.2) is 24.2 Å². The molecule has 1 aromatic heterocycles. The van der Waals surface area contributed by atoms with Crippen molar-refractivity contribution in [3.8, 4) is 0 Å². The van der Waals surface area contributed by atoms with E-state index in [1.807, 2.05) is 24.3 Å². The number of rotatable bonds is 9. The van der Waals surface area contributed by atoms with Crippen molar-refractivity contribution in [2.45, 2.75) is 39.0 Å². The van der Waals surface area contributed by atoms with Crippen molar-refractivity contribution in [2.24, 2.45) is 0 Å². The first-order chi connectivity index (χ1) is 14.1. The summed E-state index contributed by atoms with van der Waals surface area (Å²) < 4.78 is 10.8. The van der Waals surface area contributed by atoms with E-state index < -0.39 is 5.97 Å². The van der Waals surface area contributed by atoms with Gasteiger partial charge in [0.15, 0.2) is 5.78 Å². The molecule has 1 heterocycles. The molecule has 0 spiro atoms. The number of aryl methyl sites for hydroxylation is 2. The number of methoxy groups -OCH3 is 1. The molecule has 0 amide bonds. The first-order valence-corrected chi connectivity index (χ1v) is 11.0. The molecule has 0 bridgehead atoms. The Bertz CT molecular complexity index is 1000. The molecule has 0 saturated heterocycles. The monoisotopic (exact) mass is 456 g/mol. The van der Waals surface area contributed by atoms with Crippen LogP contribution in [0.25, 0.3) is 11.0 Å². The van der Waals surface area contributed by atoms with Crippen molar-refractivity contribution >= 4 is 38.7 Å². The summed E-state index contributed by atoms with van der Waals surface area (Å²) >= 11 is 3.45. The zero-order valence-corrected chi connectivity index (χ0v) is 18.4. The molecule has 29 heavy (non-hydrogen) atoms. The number of fused-ring (bicyclic) bond motifs is 1. The summed E-state index contributed by atoms with van der Waals surface area (Å²) in [4.78, 5) is 25.4. The number of carbonyl (C=O) groups is 2. The molecule has 5 heteroatoms. The highest BCUT2D eigenvalue weighted by Gasteiger charge is 2.23. The number of ether oxygens (including phenoxy) is 1. The van der Waals surface area contributed by atoms with Crippen LogP contribution in [0.5, 0.6) is 0 Å². The van der Waals surface area contributed by atoms with Crippen LogP contribution < -0.4 is 0 Å². The zero-order valence-electron chi connectivity index (χ0n) is 16.8. The predicted octanol–water partition coefficient (Wildman–Crippen LogP) is 6.12. The number of halogens is 1. The van der Waals surface area contributed by atoms with Gasteiger partial charge in [0.2, 0.25) is 0 Å². The third-order valence-electron chi connectivity index (χ3n) is 4.98. The van der Waals surface area contributed by atoms with Crippen LogP contribution in [0.1, 0.15) is 63.8 Å². The van der Waals surface area contributed by atoms with E-state index in [4.69, 9.17) is 9.15 Å². The maximum atomic E-state index is 13.4. The average Bonchev–Trinajstić information content (AvgIpc) is 3.12. The molecule has 2 aromatic carbocycles. The van der Waals surface area contributed by atoms with Gasteiger partial charge in [0.1, 0.15) is 11.3 Å². The van der Waals surface area contributed by atoms with E-state index in [0.717, 1.165) is 31.0 Å². The maximum Gasteiger partial charge on any atom is 0.337 e. The van der Waals surface area contributed by atoms with Gasteiger partial charge in [-0.25, -0.2) is 4.79 Å². The van der Waals surface area contributed by atoms with Crippen LogP contribution in [0.2, 0.25) is 0 Å². The van der Waals surface area contributed by atoms with Gasteiger partial charge in [-0.1, -0.05) is 53.5 Å². The number of esters is 1. The molecule has 0 atom stereocenters. The molecule has 0 aliphatic heterocycles. The Labute approximate surface area is 179 Å². The smallest absolute Gasteiger partial charge is 0.337 e. The molecular weight excluding hydrogens is 432 g/mol. The normalized spacial score (nSPS) is 11.0. The van der Waals surface area contributed by atoms with E-state index in [0.29, 0.717) is 39.8 Å². The highest BCUT2D eigenvalue weighted by Crippen LogP contribution is 2.30. The number of furan rings is 1. The minimum atomic E-state index is -0.433. The van der Waals surface area contributed by atoms with E-state index in [1.54, 1.807) is 18.2 Å². The van der Waals surface area contributed by atoms with Crippen LogP contribution in [0, 0.1) is 0 Å². The van der Waals surface area contributed by atoms with Crippen molar-refractivity contribution in [3.05, 3.63) is 70.5 Å². The lowest BCUT2D eigenvalue weighted by atomic mass is 9.96. The van der Waals surface area contributed by atoms with Crippen LogP contribution >= 0.6 is 15.9 Å². The number of alkyl halides is 1. The minimum Gasteiger partial charge on any atom is -0.465 e. The summed E-state index contributed by atoms with van der Waals surface area (Å²) in [6, 6.07) is 12.8. The second-order valence-corrected chi connectivity index (χ2v) is 7.82. The number of benzene rings is 2. The highest BCUT2D eigenvalue weighted by molar-refractivity contribution is 9.09. The average molecular weight is 457 g/mol. The van der Waals surface area contributed by atoms with Gasteiger partial charge in [0.25, 0.3) is 0 Å². The van der Waals surface area contributed by atoms with E-state index in [-0.39, 0.29) is 5.78 Å². The quantitative estimate of drug-likeness (QED) is 0.221. The molecule has 4 nitrogen and oxygen atoms in total. The molecule has 0 N–H and O–H groups in total. The standard InChI is InChI=1S/C24H25BrO4/c1-3-4-7-21-22(19-15-18(24(27)28-2)12-13-20(19)29-21)23(26)17-10-8-16(9-11-17)6-5-14-25/h8-13,15H,3-7,14H2,1-2H3. The van der Waals surface area contributed by atoms with Gasteiger partial charge in [-0.05, 0) is 43.0 Å². The number of carbonyl (C=O) groups excluding carboxylic acids is 2. The molecule has 3 rings (SSSR count). The van der Waals surface area contributed by atoms with Crippen LogP contribution in [0.3, 0.4) is 0 Å². The van der Waals surface area contributed by atoms with Crippen molar-refractivity contribution in [1.82, 2.24) is 0 Å². The van der Waals surface area contributed by atoms with Crippen LogP contribution in [0.4, 0.5) is 0 Å². The predicted molar refractivity (Wildman–Crippen MR) is 118 cm³/mol. The van der Waals surface area contributed by atoms with Gasteiger partial charge in [0, 0.05) is 22.7 Å². The lowest BCUT2D eigenvalue weighted by molar-refractivity contribution is 0.0600. The first kappa shape index (κ1) is 21.3. The van der Waals surface area contributed by atoms with Gasteiger partial charge in [-0.3, -0.25) is 4.79 Å². The lowest BCUT2D eigenvalue weighted by Gasteiger charge is -2.05. The second-order valence-electron chi connectivity index (χ2n) is 7.02. The fraction of sp³-hybridized carbons (Fsp3) is 0.333. The van der Waals surface area contributed by atoms with Crippen LogP contribution in [-0.2, 0) is 17.6 Å². The Balaban J connectivity index is 2.04. The number of unbranched alkanes of at least 4 members (excludes halogenated alkanes) is 1. The Kier molecular flexibility index (Phi) is 7.26. The van der Waals surface area contributed by atoms with Gasteiger partial charge >= 0.3 is 5.97 Å². The molecule has 3 aromatic rings. The largest absolute Gasteiger partial charge is 0.465 e. The van der Waals surface area contributed by atoms with E-state index in [2.05, 4.69) is 22.9 Å². The fourth-order valence-electron chi connectivity index (χ4n) is 3.39. The van der Waals surface area contributed by atoms with Gasteiger partial charge in [0.05, 0.1) is 18.2 Å². The van der Waals surface area contributed by atoms with Crippen molar-refractivity contribution in [3.63, 3.8) is 0 Å². The molecule has 0 aliphatic carbocycles. The third-order valence-corrected chi connectivity index (χ3v) is 5.54. The summed E-state index contributed by atoms with van der Waals surface area (Å²) in [6.07, 6.45) is 4.63. The Hall–Kier alpha value is -2.40. The van der Waals surface area contributed by atoms with Crippen LogP contribution in [0.15, 0.2) is 46.9 Å². The topological polar surface area (TPSA) is 56.5 Å². The SMILES string of the molecule is CCCCc1oc2ccc(C(=O)OC)cc2c1C(=O)c1ccc(CCCBr)cc1. The van der Waals surface area contributed by atoms with Gasteiger partial charge in [-0.15, -0.1) is 0 Å². The molecule has 0 saturated carbocycles. The Morgan fingerprint density at radius 2 is 1.72 bits per heavy atom. The van der Waals surface area contributed by atoms with E-state index >= 15 is 0 Å². The molecule has 0 radical (unpaired) electrons. The summed E-state index contributed by atoms with van der Waals surface area (Å²) in [6.45, 7) is 2.10. The number of hydrogen-bond acceptors (Lipinski definition) is 4. The van der Waals surface area contributed by atoms with Gasteiger partial charge < -0.3 is 9.15 Å². The summed E-state index contributed by atoms with van der Waals surface area (Å²) in [5, 5.41) is 1.62. The molecular formula is C24H25BrO4. The summed E-state index contributed by atoms with van der Waals surface area (Å²) in [5.41, 5.74) is 3.39. The first-order valence-electron chi connectivity index (χ1n) is 9.92.